The van der Waals surface area contributed by atoms with Gasteiger partial charge in [-0.05, 0) is 37.1 Å². The van der Waals surface area contributed by atoms with E-state index in [0.717, 1.165) is 36.4 Å². The highest BCUT2D eigenvalue weighted by atomic mass is 16.5. The Morgan fingerprint density at radius 1 is 1.12 bits per heavy atom. The molecule has 1 aliphatic carbocycles. The minimum absolute atomic E-state index is 0.220. The number of nitrogens with one attached hydrogen (secondary N) is 1. The van der Waals surface area contributed by atoms with E-state index in [0.29, 0.717) is 12.5 Å². The second-order valence-electron chi connectivity index (χ2n) is 6.05. The maximum atomic E-state index is 9.82. The number of aliphatic hydroxyl groups excluding tert-OH is 1. The van der Waals surface area contributed by atoms with Crippen LogP contribution in [0.3, 0.4) is 0 Å². The number of guanidine groups is 1. The highest BCUT2D eigenvalue weighted by Crippen LogP contribution is 2.26. The first-order valence-electron chi connectivity index (χ1n) is 8.29. The number of ether oxygens (including phenoxy) is 1. The Kier molecular flexibility index (Phi) is 5.33. The van der Waals surface area contributed by atoms with Crippen molar-refractivity contribution in [3.63, 3.8) is 0 Å². The first kappa shape index (κ1) is 16.3. The Morgan fingerprint density at radius 2 is 1.92 bits per heavy atom. The summed E-state index contributed by atoms with van der Waals surface area (Å²) in [5.41, 5.74) is 6.76. The summed E-state index contributed by atoms with van der Waals surface area (Å²) in [5, 5.41) is 12.9. The second-order valence-corrected chi connectivity index (χ2v) is 6.05. The van der Waals surface area contributed by atoms with Crippen molar-refractivity contribution >= 4 is 11.6 Å². The molecule has 0 radical (unpaired) electrons. The van der Waals surface area contributed by atoms with Crippen molar-refractivity contribution in [1.29, 1.82) is 0 Å². The topological polar surface area (TPSA) is 79.9 Å². The Balaban J connectivity index is 1.59. The Bertz CT molecular complexity index is 688. The Morgan fingerprint density at radius 3 is 2.67 bits per heavy atom. The number of anilines is 1. The van der Waals surface area contributed by atoms with E-state index >= 15 is 0 Å². The number of benzene rings is 2. The van der Waals surface area contributed by atoms with Gasteiger partial charge < -0.3 is 20.9 Å². The molecule has 0 saturated heterocycles. The van der Waals surface area contributed by atoms with E-state index in [1.807, 2.05) is 54.6 Å². The van der Waals surface area contributed by atoms with Gasteiger partial charge in [-0.15, -0.1) is 0 Å². The summed E-state index contributed by atoms with van der Waals surface area (Å²) in [6.45, 7) is 0.556. The smallest absolute Gasteiger partial charge is 0.193 e. The molecule has 2 aromatic carbocycles. The van der Waals surface area contributed by atoms with Gasteiger partial charge in [-0.2, -0.15) is 0 Å². The van der Waals surface area contributed by atoms with Crippen LogP contribution in [-0.2, 0) is 0 Å². The highest BCUT2D eigenvalue weighted by Gasteiger charge is 2.24. The van der Waals surface area contributed by atoms with Crippen molar-refractivity contribution in [3.8, 4) is 11.5 Å². The van der Waals surface area contributed by atoms with Crippen LogP contribution in [0.4, 0.5) is 5.69 Å². The molecule has 4 N–H and O–H groups in total. The monoisotopic (exact) mass is 325 g/mol. The molecule has 0 spiro atoms. The van der Waals surface area contributed by atoms with Crippen molar-refractivity contribution < 1.29 is 9.84 Å². The summed E-state index contributed by atoms with van der Waals surface area (Å²) in [6.07, 6.45) is 2.70. The number of nitrogens with two attached hydrogens (primary N) is 1. The van der Waals surface area contributed by atoms with Crippen molar-refractivity contribution in [1.82, 2.24) is 0 Å². The highest BCUT2D eigenvalue weighted by molar-refractivity contribution is 5.92. The van der Waals surface area contributed by atoms with Crippen molar-refractivity contribution in [2.45, 2.75) is 25.4 Å². The fourth-order valence-electron chi connectivity index (χ4n) is 2.90. The van der Waals surface area contributed by atoms with Crippen molar-refractivity contribution in [2.75, 3.05) is 11.9 Å². The van der Waals surface area contributed by atoms with E-state index in [-0.39, 0.29) is 12.0 Å². The molecule has 126 valence electrons. The predicted octanol–water partition coefficient (Wildman–Crippen LogP) is 3.37. The Labute approximate surface area is 142 Å². The van der Waals surface area contributed by atoms with Crippen LogP contribution in [0.1, 0.15) is 19.3 Å². The van der Waals surface area contributed by atoms with Gasteiger partial charge >= 0.3 is 0 Å². The van der Waals surface area contributed by atoms with Gasteiger partial charge in [-0.3, -0.25) is 4.99 Å². The third kappa shape index (κ3) is 4.49. The molecule has 24 heavy (non-hydrogen) atoms. The third-order valence-corrected chi connectivity index (χ3v) is 4.20. The molecule has 1 saturated carbocycles. The zero-order valence-corrected chi connectivity index (χ0v) is 13.6. The molecule has 0 aromatic heterocycles. The number of hydrogen-bond donors (Lipinski definition) is 3. The molecular formula is C19H23N3O2. The minimum atomic E-state index is -0.246. The lowest BCUT2D eigenvalue weighted by atomic mass is 10.1. The molecule has 0 amide bonds. The maximum absolute atomic E-state index is 9.82. The molecule has 5 nitrogen and oxygen atoms in total. The summed E-state index contributed by atoms with van der Waals surface area (Å²) < 4.78 is 5.80. The van der Waals surface area contributed by atoms with Crippen LogP contribution in [0.25, 0.3) is 0 Å². The zero-order chi connectivity index (χ0) is 16.8. The predicted molar refractivity (Wildman–Crippen MR) is 96.4 cm³/mol. The number of rotatable bonds is 5. The van der Waals surface area contributed by atoms with E-state index in [1.165, 1.54) is 0 Å². The van der Waals surface area contributed by atoms with E-state index in [4.69, 9.17) is 10.5 Å². The third-order valence-electron chi connectivity index (χ3n) is 4.20. The lowest BCUT2D eigenvalue weighted by Crippen LogP contribution is -2.25. The van der Waals surface area contributed by atoms with Crippen LogP contribution in [-0.4, -0.2) is 23.7 Å². The average Bonchev–Trinajstić information content (AvgIpc) is 2.99. The number of aliphatic imine (C=N–C) groups is 1. The summed E-state index contributed by atoms with van der Waals surface area (Å²) in [4.78, 5) is 4.35. The number of aliphatic hydroxyl groups is 1. The molecule has 0 bridgehead atoms. The number of para-hydroxylation sites is 1. The number of nitrogens with zero attached hydrogens (tertiary/aromatic N) is 1. The van der Waals surface area contributed by atoms with Crippen LogP contribution in [0.15, 0.2) is 59.6 Å². The lowest BCUT2D eigenvalue weighted by Gasteiger charge is -2.12. The summed E-state index contributed by atoms with van der Waals surface area (Å²) in [6, 6.07) is 17.2. The lowest BCUT2D eigenvalue weighted by molar-refractivity contribution is 0.137. The van der Waals surface area contributed by atoms with E-state index < -0.39 is 0 Å². The van der Waals surface area contributed by atoms with Crippen LogP contribution in [0, 0.1) is 5.92 Å². The fourth-order valence-corrected chi connectivity index (χ4v) is 2.90. The molecule has 1 aliphatic rings. The SMILES string of the molecule is NC(=NCC1CCCC1O)Nc1cccc(Oc2ccccc2)c1. The van der Waals surface area contributed by atoms with E-state index in [9.17, 15) is 5.11 Å². The van der Waals surface area contributed by atoms with Gasteiger partial charge in [-0.1, -0.05) is 30.7 Å². The standard InChI is InChI=1S/C19H23N3O2/c20-19(21-13-14-6-4-11-18(14)23)22-15-7-5-10-17(12-15)24-16-8-2-1-3-9-16/h1-3,5,7-10,12,14,18,23H,4,6,11,13H2,(H3,20,21,22). The first-order valence-corrected chi connectivity index (χ1v) is 8.29. The minimum Gasteiger partial charge on any atom is -0.457 e. The maximum Gasteiger partial charge on any atom is 0.193 e. The summed E-state index contributed by atoms with van der Waals surface area (Å²) in [5.74, 6) is 2.08. The van der Waals surface area contributed by atoms with Crippen LogP contribution < -0.4 is 15.8 Å². The zero-order valence-electron chi connectivity index (χ0n) is 13.6. The first-order chi connectivity index (χ1) is 11.7. The largest absolute Gasteiger partial charge is 0.457 e. The fraction of sp³-hybridized carbons (Fsp3) is 0.316. The van der Waals surface area contributed by atoms with Crippen LogP contribution in [0.5, 0.6) is 11.5 Å². The van der Waals surface area contributed by atoms with Crippen LogP contribution in [0.2, 0.25) is 0 Å². The van der Waals surface area contributed by atoms with Gasteiger partial charge in [-0.25, -0.2) is 0 Å². The van der Waals surface area contributed by atoms with E-state index in [1.54, 1.807) is 0 Å². The van der Waals surface area contributed by atoms with Gasteiger partial charge in [0.2, 0.25) is 0 Å². The molecule has 3 rings (SSSR count). The van der Waals surface area contributed by atoms with Gasteiger partial charge in [0.1, 0.15) is 11.5 Å². The normalized spacial score (nSPS) is 20.8. The van der Waals surface area contributed by atoms with Gasteiger partial charge in [0.15, 0.2) is 5.96 Å². The molecule has 2 atom stereocenters. The molecule has 0 heterocycles. The molecule has 2 aromatic rings. The van der Waals surface area contributed by atoms with Gasteiger partial charge in [0.05, 0.1) is 6.10 Å². The van der Waals surface area contributed by atoms with Crippen molar-refractivity contribution in [3.05, 3.63) is 54.6 Å². The Hall–Kier alpha value is -2.53. The van der Waals surface area contributed by atoms with Crippen LogP contribution >= 0.6 is 0 Å². The quantitative estimate of drug-likeness (QED) is 0.582. The van der Waals surface area contributed by atoms with E-state index in [2.05, 4.69) is 10.3 Å². The number of hydrogen-bond acceptors (Lipinski definition) is 3. The molecule has 5 heteroatoms. The molecule has 1 fully saturated rings. The summed E-state index contributed by atoms with van der Waals surface area (Å²) in [7, 11) is 0. The summed E-state index contributed by atoms with van der Waals surface area (Å²) >= 11 is 0. The van der Waals surface area contributed by atoms with Gasteiger partial charge in [0.25, 0.3) is 0 Å². The molecular weight excluding hydrogens is 302 g/mol. The molecule has 0 aliphatic heterocycles. The van der Waals surface area contributed by atoms with Crippen molar-refractivity contribution in [2.24, 2.45) is 16.6 Å². The molecule has 2 unspecified atom stereocenters. The average molecular weight is 325 g/mol. The van der Waals surface area contributed by atoms with Gasteiger partial charge in [0, 0.05) is 24.2 Å². The second kappa shape index (κ2) is 7.84.